The summed E-state index contributed by atoms with van der Waals surface area (Å²) in [5.74, 6) is 0. The Labute approximate surface area is 136 Å². The lowest BCUT2D eigenvalue weighted by molar-refractivity contribution is 0.331. The van der Waals surface area contributed by atoms with Crippen LogP contribution in [0.2, 0.25) is 5.02 Å². The van der Waals surface area contributed by atoms with Gasteiger partial charge in [-0.1, -0.05) is 66.3 Å². The number of thiocarbonyl (C=S) groups is 1. The lowest BCUT2D eigenvalue weighted by Gasteiger charge is -2.18. The van der Waals surface area contributed by atoms with Crippen LogP contribution in [0.4, 0.5) is 0 Å². The van der Waals surface area contributed by atoms with Gasteiger partial charge in [0, 0.05) is 23.7 Å². The van der Waals surface area contributed by atoms with Crippen molar-refractivity contribution in [3.63, 3.8) is 0 Å². The number of likely N-dealkylation sites (N-methyl/N-ethyl adjacent to an activating group) is 1. The summed E-state index contributed by atoms with van der Waals surface area (Å²) in [6.45, 7) is 1.79. The van der Waals surface area contributed by atoms with Crippen molar-refractivity contribution in [2.24, 2.45) is 5.73 Å². The molecule has 0 saturated heterocycles. The van der Waals surface area contributed by atoms with E-state index in [0.717, 1.165) is 30.6 Å². The molecule has 2 N–H and O–H groups in total. The summed E-state index contributed by atoms with van der Waals surface area (Å²) in [5, 5.41) is 0.715. The maximum absolute atomic E-state index is 6.29. The van der Waals surface area contributed by atoms with Crippen molar-refractivity contribution >= 4 is 28.8 Å². The van der Waals surface area contributed by atoms with Crippen LogP contribution in [-0.4, -0.2) is 23.5 Å². The van der Waals surface area contributed by atoms with Gasteiger partial charge in [-0.2, -0.15) is 0 Å². The highest BCUT2D eigenvalue weighted by Crippen LogP contribution is 2.19. The third-order valence-electron chi connectivity index (χ3n) is 3.40. The first-order valence-electron chi connectivity index (χ1n) is 6.87. The largest absolute Gasteiger partial charge is 0.389 e. The Morgan fingerprint density at radius 2 is 1.90 bits per heavy atom. The molecule has 0 aliphatic carbocycles. The van der Waals surface area contributed by atoms with E-state index < -0.39 is 0 Å². The zero-order valence-electron chi connectivity index (χ0n) is 12.1. The van der Waals surface area contributed by atoms with Gasteiger partial charge < -0.3 is 10.6 Å². The number of halogens is 1. The van der Waals surface area contributed by atoms with Gasteiger partial charge in [0.1, 0.15) is 4.99 Å². The van der Waals surface area contributed by atoms with Crippen LogP contribution in [-0.2, 0) is 13.0 Å². The van der Waals surface area contributed by atoms with Crippen LogP contribution < -0.4 is 5.73 Å². The smallest absolute Gasteiger partial charge is 0.104 e. The summed E-state index contributed by atoms with van der Waals surface area (Å²) in [7, 11) is 2.10. The molecule has 0 aliphatic rings. The Bertz CT molecular complexity index is 613. The van der Waals surface area contributed by atoms with E-state index in [1.165, 1.54) is 5.56 Å². The van der Waals surface area contributed by atoms with Gasteiger partial charge in [-0.25, -0.2) is 0 Å². The maximum Gasteiger partial charge on any atom is 0.104 e. The molecule has 0 aromatic heterocycles. The highest BCUT2D eigenvalue weighted by Gasteiger charge is 2.07. The molecule has 0 radical (unpaired) electrons. The topological polar surface area (TPSA) is 29.3 Å². The van der Waals surface area contributed by atoms with E-state index in [4.69, 9.17) is 29.6 Å². The predicted molar refractivity (Wildman–Crippen MR) is 93.8 cm³/mol. The fourth-order valence-corrected chi connectivity index (χ4v) is 2.53. The molecule has 0 bridgehead atoms. The van der Waals surface area contributed by atoms with Gasteiger partial charge >= 0.3 is 0 Å². The maximum atomic E-state index is 6.29. The minimum absolute atomic E-state index is 0.376. The first kappa shape index (κ1) is 16.0. The summed E-state index contributed by atoms with van der Waals surface area (Å²) >= 11 is 11.3. The second kappa shape index (κ2) is 7.55. The highest BCUT2D eigenvalue weighted by molar-refractivity contribution is 7.80. The van der Waals surface area contributed by atoms with Crippen LogP contribution in [0.15, 0.2) is 48.5 Å². The molecule has 0 fully saturated rings. The van der Waals surface area contributed by atoms with E-state index in [2.05, 4.69) is 36.2 Å². The van der Waals surface area contributed by atoms with E-state index in [9.17, 15) is 0 Å². The molecule has 0 heterocycles. The molecule has 4 heteroatoms. The Kier molecular flexibility index (Phi) is 5.74. The van der Waals surface area contributed by atoms with Gasteiger partial charge in [-0.05, 0) is 30.7 Å². The second-order valence-electron chi connectivity index (χ2n) is 5.14. The summed E-state index contributed by atoms with van der Waals surface area (Å²) in [4.78, 5) is 2.63. The molecular formula is C17H19ClN2S. The van der Waals surface area contributed by atoms with Gasteiger partial charge in [-0.15, -0.1) is 0 Å². The predicted octanol–water partition coefficient (Wildman–Crippen LogP) is 3.65. The minimum Gasteiger partial charge on any atom is -0.389 e. The molecule has 21 heavy (non-hydrogen) atoms. The van der Waals surface area contributed by atoms with Crippen LogP contribution in [0.3, 0.4) is 0 Å². The standard InChI is InChI=1S/C17H19ClN2S/c1-20(10-9-13-5-3-2-4-6-13)12-15-8-7-14(17(19)21)11-16(15)18/h2-8,11H,9-10,12H2,1H3,(H2,19,21). The molecule has 2 aromatic carbocycles. The first-order valence-corrected chi connectivity index (χ1v) is 7.65. The lowest BCUT2D eigenvalue weighted by Crippen LogP contribution is -2.21. The van der Waals surface area contributed by atoms with Crippen molar-refractivity contribution in [1.29, 1.82) is 0 Å². The number of nitrogens with zero attached hydrogens (tertiary/aromatic N) is 1. The molecule has 110 valence electrons. The summed E-state index contributed by atoms with van der Waals surface area (Å²) in [6, 6.07) is 16.2. The van der Waals surface area contributed by atoms with E-state index in [0.29, 0.717) is 10.0 Å². The Balaban J connectivity index is 1.93. The van der Waals surface area contributed by atoms with Gasteiger partial charge in [0.05, 0.1) is 0 Å². The Morgan fingerprint density at radius 3 is 2.52 bits per heavy atom. The molecule has 2 aromatic rings. The average Bonchev–Trinajstić information content (AvgIpc) is 2.48. The van der Waals surface area contributed by atoms with E-state index in [1.807, 2.05) is 24.3 Å². The van der Waals surface area contributed by atoms with Gasteiger partial charge in [0.15, 0.2) is 0 Å². The number of rotatable bonds is 6. The molecule has 0 aliphatic heterocycles. The summed E-state index contributed by atoms with van der Waals surface area (Å²) in [5.41, 5.74) is 8.86. The molecule has 2 nitrogen and oxygen atoms in total. The van der Waals surface area contributed by atoms with Crippen molar-refractivity contribution in [3.05, 3.63) is 70.2 Å². The minimum atomic E-state index is 0.376. The fraction of sp³-hybridized carbons (Fsp3) is 0.235. The molecule has 0 unspecified atom stereocenters. The summed E-state index contributed by atoms with van der Waals surface area (Å²) in [6.07, 6.45) is 1.03. The van der Waals surface area contributed by atoms with E-state index in [1.54, 1.807) is 0 Å². The van der Waals surface area contributed by atoms with E-state index in [-0.39, 0.29) is 0 Å². The summed E-state index contributed by atoms with van der Waals surface area (Å²) < 4.78 is 0. The molecule has 0 atom stereocenters. The van der Waals surface area contributed by atoms with Gasteiger partial charge in [0.2, 0.25) is 0 Å². The third-order valence-corrected chi connectivity index (χ3v) is 3.99. The number of nitrogens with two attached hydrogens (primary N) is 1. The van der Waals surface area contributed by atoms with Crippen LogP contribution in [0.5, 0.6) is 0 Å². The van der Waals surface area contributed by atoms with Crippen LogP contribution in [0, 0.1) is 0 Å². The SMILES string of the molecule is CN(CCc1ccccc1)Cc1ccc(C(N)=S)cc1Cl. The number of hydrogen-bond acceptors (Lipinski definition) is 2. The van der Waals surface area contributed by atoms with Crippen LogP contribution in [0.1, 0.15) is 16.7 Å². The van der Waals surface area contributed by atoms with Crippen molar-refractivity contribution in [2.75, 3.05) is 13.6 Å². The second-order valence-corrected chi connectivity index (χ2v) is 5.99. The zero-order chi connectivity index (χ0) is 15.2. The van der Waals surface area contributed by atoms with Crippen molar-refractivity contribution in [3.8, 4) is 0 Å². The third kappa shape index (κ3) is 4.81. The van der Waals surface area contributed by atoms with Crippen molar-refractivity contribution < 1.29 is 0 Å². The van der Waals surface area contributed by atoms with Crippen molar-refractivity contribution in [1.82, 2.24) is 4.90 Å². The van der Waals surface area contributed by atoms with Gasteiger partial charge in [-0.3, -0.25) is 0 Å². The molecule has 0 amide bonds. The van der Waals surface area contributed by atoms with Gasteiger partial charge in [0.25, 0.3) is 0 Å². The molecule has 0 saturated carbocycles. The average molecular weight is 319 g/mol. The van der Waals surface area contributed by atoms with Crippen LogP contribution >= 0.6 is 23.8 Å². The molecule has 0 spiro atoms. The fourth-order valence-electron chi connectivity index (χ4n) is 2.16. The zero-order valence-corrected chi connectivity index (χ0v) is 13.6. The highest BCUT2D eigenvalue weighted by atomic mass is 35.5. The Hall–Kier alpha value is -1.42. The monoisotopic (exact) mass is 318 g/mol. The number of hydrogen-bond donors (Lipinski definition) is 1. The van der Waals surface area contributed by atoms with Crippen LogP contribution in [0.25, 0.3) is 0 Å². The molecule has 2 rings (SSSR count). The van der Waals surface area contributed by atoms with Crippen molar-refractivity contribution in [2.45, 2.75) is 13.0 Å². The lowest BCUT2D eigenvalue weighted by atomic mass is 10.1. The van der Waals surface area contributed by atoms with E-state index >= 15 is 0 Å². The number of benzene rings is 2. The molecular weight excluding hydrogens is 300 g/mol. The normalized spacial score (nSPS) is 10.8. The first-order chi connectivity index (χ1) is 10.1. The quantitative estimate of drug-likeness (QED) is 0.824. The Morgan fingerprint density at radius 1 is 1.19 bits per heavy atom.